The number of ether oxygens (including phenoxy) is 1. The van der Waals surface area contributed by atoms with Crippen LogP contribution in [-0.4, -0.2) is 20.8 Å². The quantitative estimate of drug-likeness (QED) is 0.887. The summed E-state index contributed by atoms with van der Waals surface area (Å²) < 4.78 is 7.54. The molecule has 106 valence electrons. The van der Waals surface area contributed by atoms with Gasteiger partial charge in [0.2, 0.25) is 0 Å². The second kappa shape index (κ2) is 5.81. The molecule has 0 spiro atoms. The summed E-state index contributed by atoms with van der Waals surface area (Å²) in [5.41, 5.74) is 1.08. The van der Waals surface area contributed by atoms with Crippen LogP contribution in [0.25, 0.3) is 0 Å². The topological polar surface area (TPSA) is 52.0 Å². The van der Waals surface area contributed by atoms with Crippen molar-refractivity contribution in [3.8, 4) is 5.75 Å². The third kappa shape index (κ3) is 3.11. The maximum Gasteiger partial charge on any atom is 0.164 e. The Hall–Kier alpha value is -1.59. The molecule has 1 aromatic heterocycles. The Morgan fingerprint density at radius 1 is 1.45 bits per heavy atom. The van der Waals surface area contributed by atoms with Crippen LogP contribution in [0.15, 0.2) is 24.5 Å². The first-order valence-electron chi connectivity index (χ1n) is 6.70. The van der Waals surface area contributed by atoms with Crippen molar-refractivity contribution in [2.24, 2.45) is 7.05 Å². The molecule has 1 aliphatic rings. The summed E-state index contributed by atoms with van der Waals surface area (Å²) in [6, 6.07) is 6.48. The fourth-order valence-corrected chi connectivity index (χ4v) is 2.23. The molecule has 1 heterocycles. The lowest BCUT2D eigenvalue weighted by Gasteiger charge is -2.13. The summed E-state index contributed by atoms with van der Waals surface area (Å²) >= 11 is 6.24. The predicted molar refractivity (Wildman–Crippen MR) is 76.6 cm³/mol. The highest BCUT2D eigenvalue weighted by molar-refractivity contribution is 6.32. The van der Waals surface area contributed by atoms with Gasteiger partial charge in [0.15, 0.2) is 5.82 Å². The number of nitrogens with zero attached hydrogens (tertiary/aromatic N) is 3. The first kappa shape index (κ1) is 13.4. The van der Waals surface area contributed by atoms with Crippen molar-refractivity contribution >= 4 is 11.6 Å². The van der Waals surface area contributed by atoms with E-state index in [2.05, 4.69) is 15.4 Å². The standard InChI is InChI=1S/C14H17ClN4O/c1-19-13(17-9-18-19)8-20-14-10(3-2-4-12(14)15)7-16-11-5-6-11/h2-4,9,11,16H,5-8H2,1H3. The van der Waals surface area contributed by atoms with Gasteiger partial charge >= 0.3 is 0 Å². The highest BCUT2D eigenvalue weighted by atomic mass is 35.5. The average Bonchev–Trinajstić information content (AvgIpc) is 3.18. The molecule has 0 amide bonds. The molecule has 0 saturated heterocycles. The van der Waals surface area contributed by atoms with Crippen molar-refractivity contribution in [2.45, 2.75) is 32.0 Å². The minimum Gasteiger partial charge on any atom is -0.484 e. The molecule has 1 aromatic carbocycles. The van der Waals surface area contributed by atoms with Crippen molar-refractivity contribution in [1.82, 2.24) is 20.1 Å². The van der Waals surface area contributed by atoms with E-state index in [-0.39, 0.29) is 0 Å². The van der Waals surface area contributed by atoms with Crippen molar-refractivity contribution < 1.29 is 4.74 Å². The molecule has 1 saturated carbocycles. The summed E-state index contributed by atoms with van der Waals surface area (Å²) in [7, 11) is 1.84. The molecule has 1 N–H and O–H groups in total. The molecule has 6 heteroatoms. The summed E-state index contributed by atoms with van der Waals surface area (Å²) in [6.45, 7) is 1.13. The number of para-hydroxylation sites is 1. The molecule has 5 nitrogen and oxygen atoms in total. The highest BCUT2D eigenvalue weighted by Gasteiger charge is 2.21. The van der Waals surface area contributed by atoms with Gasteiger partial charge in [0.05, 0.1) is 5.02 Å². The van der Waals surface area contributed by atoms with Crippen LogP contribution in [0.3, 0.4) is 0 Å². The zero-order valence-electron chi connectivity index (χ0n) is 11.3. The maximum atomic E-state index is 6.24. The van der Waals surface area contributed by atoms with Gasteiger partial charge in [0.25, 0.3) is 0 Å². The van der Waals surface area contributed by atoms with Crippen LogP contribution in [0, 0.1) is 0 Å². The molecule has 1 aliphatic carbocycles. The zero-order valence-corrected chi connectivity index (χ0v) is 12.1. The molecule has 0 aliphatic heterocycles. The summed E-state index contributed by atoms with van der Waals surface area (Å²) in [5, 5.41) is 8.12. The van der Waals surface area contributed by atoms with Crippen LogP contribution in [-0.2, 0) is 20.2 Å². The lowest BCUT2D eigenvalue weighted by Crippen LogP contribution is -2.16. The minimum absolute atomic E-state index is 0.358. The fraction of sp³-hybridized carbons (Fsp3) is 0.429. The van der Waals surface area contributed by atoms with Crippen LogP contribution in [0.2, 0.25) is 5.02 Å². The van der Waals surface area contributed by atoms with Gasteiger partial charge in [-0.2, -0.15) is 5.10 Å². The normalized spacial score (nSPS) is 14.5. The van der Waals surface area contributed by atoms with Gasteiger partial charge < -0.3 is 10.1 Å². The SMILES string of the molecule is Cn1ncnc1COc1c(Cl)cccc1CNC1CC1. The van der Waals surface area contributed by atoms with Crippen molar-refractivity contribution in [3.05, 3.63) is 40.9 Å². The second-order valence-corrected chi connectivity index (χ2v) is 5.38. The molecule has 0 unspecified atom stereocenters. The molecule has 0 bridgehead atoms. The lowest BCUT2D eigenvalue weighted by molar-refractivity contribution is 0.286. The van der Waals surface area contributed by atoms with Crippen LogP contribution >= 0.6 is 11.6 Å². The van der Waals surface area contributed by atoms with E-state index in [4.69, 9.17) is 16.3 Å². The van der Waals surface area contributed by atoms with Crippen molar-refractivity contribution in [3.63, 3.8) is 0 Å². The second-order valence-electron chi connectivity index (χ2n) is 4.97. The Kier molecular flexibility index (Phi) is 3.89. The third-order valence-corrected chi connectivity index (χ3v) is 3.66. The Balaban J connectivity index is 1.71. The van der Waals surface area contributed by atoms with Crippen molar-refractivity contribution in [1.29, 1.82) is 0 Å². The minimum atomic E-state index is 0.358. The monoisotopic (exact) mass is 292 g/mol. The van der Waals surface area contributed by atoms with E-state index in [9.17, 15) is 0 Å². The van der Waals surface area contributed by atoms with E-state index in [1.54, 1.807) is 4.68 Å². The fourth-order valence-electron chi connectivity index (χ4n) is 1.98. The van der Waals surface area contributed by atoms with Gasteiger partial charge in [0, 0.05) is 25.2 Å². The molecule has 0 radical (unpaired) electrons. The number of benzene rings is 1. The van der Waals surface area contributed by atoms with Crippen LogP contribution < -0.4 is 10.1 Å². The molecule has 3 rings (SSSR count). The number of hydrogen-bond acceptors (Lipinski definition) is 4. The summed E-state index contributed by atoms with van der Waals surface area (Å²) in [4.78, 5) is 4.14. The first-order chi connectivity index (χ1) is 9.74. The number of nitrogens with one attached hydrogen (secondary N) is 1. The average molecular weight is 293 g/mol. The van der Waals surface area contributed by atoms with E-state index >= 15 is 0 Å². The number of rotatable bonds is 6. The van der Waals surface area contributed by atoms with Crippen LogP contribution in [0.5, 0.6) is 5.75 Å². The van der Waals surface area contributed by atoms with Crippen molar-refractivity contribution in [2.75, 3.05) is 0 Å². The molecular formula is C14H17ClN4O. The zero-order chi connectivity index (χ0) is 13.9. The molecule has 20 heavy (non-hydrogen) atoms. The Morgan fingerprint density at radius 2 is 2.30 bits per heavy atom. The Labute approximate surface area is 122 Å². The number of aryl methyl sites for hydroxylation is 1. The van der Waals surface area contributed by atoms with Crippen LogP contribution in [0.1, 0.15) is 24.2 Å². The van der Waals surface area contributed by atoms with Gasteiger partial charge in [0.1, 0.15) is 18.7 Å². The summed E-state index contributed by atoms with van der Waals surface area (Å²) in [6.07, 6.45) is 4.03. The van der Waals surface area contributed by atoms with E-state index in [0.717, 1.165) is 23.7 Å². The first-order valence-corrected chi connectivity index (χ1v) is 7.08. The Bertz CT molecular complexity index is 595. The number of aromatic nitrogens is 3. The van der Waals surface area contributed by atoms with Gasteiger partial charge in [-0.05, 0) is 18.9 Å². The molecule has 1 fully saturated rings. The van der Waals surface area contributed by atoms with Gasteiger partial charge in [-0.25, -0.2) is 4.98 Å². The van der Waals surface area contributed by atoms with Gasteiger partial charge in [-0.15, -0.1) is 0 Å². The lowest BCUT2D eigenvalue weighted by atomic mass is 10.2. The van der Waals surface area contributed by atoms with Gasteiger partial charge in [-0.1, -0.05) is 23.7 Å². The smallest absolute Gasteiger partial charge is 0.164 e. The van der Waals surface area contributed by atoms with Crippen LogP contribution in [0.4, 0.5) is 0 Å². The van der Waals surface area contributed by atoms with E-state index < -0.39 is 0 Å². The van der Waals surface area contributed by atoms with Gasteiger partial charge in [-0.3, -0.25) is 4.68 Å². The number of halogens is 1. The van der Waals surface area contributed by atoms with E-state index in [1.165, 1.54) is 19.2 Å². The molecule has 2 aromatic rings. The maximum absolute atomic E-state index is 6.24. The molecular weight excluding hydrogens is 276 g/mol. The predicted octanol–water partition coefficient (Wildman–Crippen LogP) is 2.30. The largest absolute Gasteiger partial charge is 0.484 e. The summed E-state index contributed by atoms with van der Waals surface area (Å²) in [5.74, 6) is 1.50. The number of hydrogen-bond donors (Lipinski definition) is 1. The molecule has 0 atom stereocenters. The Morgan fingerprint density at radius 3 is 3.00 bits per heavy atom. The van der Waals surface area contributed by atoms with E-state index in [1.807, 2.05) is 25.2 Å². The van der Waals surface area contributed by atoms with E-state index in [0.29, 0.717) is 17.7 Å². The third-order valence-electron chi connectivity index (χ3n) is 3.36. The highest BCUT2D eigenvalue weighted by Crippen LogP contribution is 2.30.